The fourth-order valence-electron chi connectivity index (χ4n) is 3.43. The molecule has 150 valence electrons. The van der Waals surface area contributed by atoms with Gasteiger partial charge in [-0.1, -0.05) is 60.7 Å². The average molecular weight is 399 g/mol. The van der Waals surface area contributed by atoms with Gasteiger partial charge in [-0.25, -0.2) is 9.07 Å². The highest BCUT2D eigenvalue weighted by molar-refractivity contribution is 6.03. The van der Waals surface area contributed by atoms with Crippen LogP contribution in [0.25, 0.3) is 16.9 Å². The third-order valence-corrected chi connectivity index (χ3v) is 4.99. The SMILES string of the molecule is CC(=NCCc1ccccc1)c1c(-c2ccccc2)[nH]n(-c2ccc(F)cc2)c1=O. The zero-order chi connectivity index (χ0) is 20.9. The van der Waals surface area contributed by atoms with E-state index in [0.717, 1.165) is 12.0 Å². The van der Waals surface area contributed by atoms with Crippen molar-refractivity contribution in [2.24, 2.45) is 4.99 Å². The maximum Gasteiger partial charge on any atom is 0.280 e. The highest BCUT2D eigenvalue weighted by Crippen LogP contribution is 2.21. The first kappa shape index (κ1) is 19.6. The predicted octanol–water partition coefficient (Wildman–Crippen LogP) is 5.02. The summed E-state index contributed by atoms with van der Waals surface area (Å²) in [6, 6.07) is 25.6. The Balaban J connectivity index is 1.74. The molecule has 0 amide bonds. The van der Waals surface area contributed by atoms with Crippen LogP contribution in [0, 0.1) is 5.82 Å². The van der Waals surface area contributed by atoms with Crippen molar-refractivity contribution in [2.45, 2.75) is 13.3 Å². The van der Waals surface area contributed by atoms with E-state index in [0.29, 0.717) is 29.2 Å². The second-order valence-corrected chi connectivity index (χ2v) is 7.05. The molecule has 4 nitrogen and oxygen atoms in total. The number of hydrogen-bond donors (Lipinski definition) is 1. The summed E-state index contributed by atoms with van der Waals surface area (Å²) in [4.78, 5) is 18.0. The number of hydrogen-bond acceptors (Lipinski definition) is 2. The Kier molecular flexibility index (Phi) is 5.70. The van der Waals surface area contributed by atoms with E-state index in [-0.39, 0.29) is 11.4 Å². The fourth-order valence-corrected chi connectivity index (χ4v) is 3.43. The number of nitrogens with zero attached hydrogens (tertiary/aromatic N) is 2. The molecule has 0 saturated carbocycles. The molecule has 5 heteroatoms. The van der Waals surface area contributed by atoms with Crippen molar-refractivity contribution in [1.82, 2.24) is 9.78 Å². The Labute approximate surface area is 174 Å². The maximum atomic E-state index is 13.3. The van der Waals surface area contributed by atoms with Gasteiger partial charge in [-0.2, -0.15) is 0 Å². The summed E-state index contributed by atoms with van der Waals surface area (Å²) in [5.41, 5.74) is 4.36. The second-order valence-electron chi connectivity index (χ2n) is 7.05. The Morgan fingerprint density at radius 3 is 2.23 bits per heavy atom. The first-order valence-corrected chi connectivity index (χ1v) is 9.85. The van der Waals surface area contributed by atoms with E-state index in [1.54, 1.807) is 12.1 Å². The van der Waals surface area contributed by atoms with Crippen LogP contribution >= 0.6 is 0 Å². The number of halogens is 1. The topological polar surface area (TPSA) is 50.1 Å². The van der Waals surface area contributed by atoms with E-state index in [1.807, 2.05) is 55.5 Å². The van der Waals surface area contributed by atoms with Crippen molar-refractivity contribution in [1.29, 1.82) is 0 Å². The lowest BCUT2D eigenvalue weighted by molar-refractivity contribution is 0.627. The Bertz CT molecular complexity index is 1210. The quantitative estimate of drug-likeness (QED) is 0.455. The molecule has 0 bridgehead atoms. The van der Waals surface area contributed by atoms with Gasteiger partial charge in [0.25, 0.3) is 5.56 Å². The van der Waals surface area contributed by atoms with Gasteiger partial charge < -0.3 is 0 Å². The maximum absolute atomic E-state index is 13.3. The van der Waals surface area contributed by atoms with Crippen molar-refractivity contribution in [2.75, 3.05) is 6.54 Å². The van der Waals surface area contributed by atoms with Crippen LogP contribution in [0.5, 0.6) is 0 Å². The summed E-state index contributed by atoms with van der Waals surface area (Å²) in [5, 5.41) is 3.19. The summed E-state index contributed by atoms with van der Waals surface area (Å²) in [6.07, 6.45) is 0.801. The molecule has 0 aliphatic rings. The van der Waals surface area contributed by atoms with Crippen LogP contribution in [0.4, 0.5) is 4.39 Å². The molecule has 1 heterocycles. The first-order valence-electron chi connectivity index (χ1n) is 9.85. The molecule has 1 N–H and O–H groups in total. The van der Waals surface area contributed by atoms with Gasteiger partial charge in [-0.05, 0) is 43.2 Å². The summed E-state index contributed by atoms with van der Waals surface area (Å²) in [7, 11) is 0. The van der Waals surface area contributed by atoms with Crippen LogP contribution in [0.2, 0.25) is 0 Å². The minimum absolute atomic E-state index is 0.207. The monoisotopic (exact) mass is 399 g/mol. The van der Waals surface area contributed by atoms with E-state index in [1.165, 1.54) is 22.4 Å². The standard InChI is InChI=1S/C25H22FN3O/c1-18(27-17-16-19-8-4-2-5-9-19)23-24(20-10-6-3-7-11-20)28-29(25(23)30)22-14-12-21(26)13-15-22/h2-15,28H,16-17H2,1H3. The van der Waals surface area contributed by atoms with Crippen LogP contribution < -0.4 is 5.56 Å². The molecule has 0 aliphatic carbocycles. The van der Waals surface area contributed by atoms with E-state index in [4.69, 9.17) is 0 Å². The molecular formula is C25H22FN3O. The summed E-state index contributed by atoms with van der Waals surface area (Å²) in [6.45, 7) is 2.45. The Hall–Kier alpha value is -3.73. The number of H-pyrrole nitrogens is 1. The molecule has 0 fully saturated rings. The summed E-state index contributed by atoms with van der Waals surface area (Å²) in [5.74, 6) is -0.347. The smallest absolute Gasteiger partial charge is 0.280 e. The minimum Gasteiger partial charge on any atom is -0.290 e. The van der Waals surface area contributed by atoms with Gasteiger partial charge in [0.05, 0.1) is 16.9 Å². The van der Waals surface area contributed by atoms with Gasteiger partial charge in [0, 0.05) is 17.8 Å². The van der Waals surface area contributed by atoms with Crippen LogP contribution in [-0.2, 0) is 6.42 Å². The second kappa shape index (κ2) is 8.74. The zero-order valence-electron chi connectivity index (χ0n) is 16.7. The van der Waals surface area contributed by atoms with E-state index < -0.39 is 0 Å². The number of aromatic amines is 1. The zero-order valence-corrected chi connectivity index (χ0v) is 16.7. The van der Waals surface area contributed by atoms with Crippen molar-refractivity contribution in [3.05, 3.63) is 112 Å². The first-order chi connectivity index (χ1) is 14.6. The largest absolute Gasteiger partial charge is 0.290 e. The Morgan fingerprint density at radius 1 is 0.933 bits per heavy atom. The van der Waals surface area contributed by atoms with E-state index in [2.05, 4.69) is 22.2 Å². The van der Waals surface area contributed by atoms with E-state index in [9.17, 15) is 9.18 Å². The normalized spacial score (nSPS) is 11.6. The lowest BCUT2D eigenvalue weighted by Crippen LogP contribution is -2.20. The van der Waals surface area contributed by atoms with Crippen LogP contribution in [0.3, 0.4) is 0 Å². The van der Waals surface area contributed by atoms with Crippen LogP contribution in [0.15, 0.2) is 94.7 Å². The average Bonchev–Trinajstić information content (AvgIpc) is 3.13. The van der Waals surface area contributed by atoms with Gasteiger partial charge in [-0.3, -0.25) is 14.9 Å². The number of aromatic nitrogens is 2. The van der Waals surface area contributed by atoms with Crippen LogP contribution in [0.1, 0.15) is 18.1 Å². The van der Waals surface area contributed by atoms with Gasteiger partial charge in [0.2, 0.25) is 0 Å². The third kappa shape index (κ3) is 4.15. The molecule has 4 aromatic rings. The highest BCUT2D eigenvalue weighted by Gasteiger charge is 2.19. The van der Waals surface area contributed by atoms with Crippen molar-refractivity contribution in [3.63, 3.8) is 0 Å². The van der Waals surface area contributed by atoms with Gasteiger partial charge >= 0.3 is 0 Å². The van der Waals surface area contributed by atoms with Gasteiger partial charge in [0.1, 0.15) is 5.82 Å². The molecule has 0 unspecified atom stereocenters. The highest BCUT2D eigenvalue weighted by atomic mass is 19.1. The minimum atomic E-state index is -0.347. The number of rotatable bonds is 6. The van der Waals surface area contributed by atoms with E-state index >= 15 is 0 Å². The van der Waals surface area contributed by atoms with Gasteiger partial charge in [0.15, 0.2) is 0 Å². The molecule has 0 radical (unpaired) electrons. The molecule has 3 aromatic carbocycles. The molecule has 4 rings (SSSR count). The molecule has 0 atom stereocenters. The van der Waals surface area contributed by atoms with Gasteiger partial charge in [-0.15, -0.1) is 0 Å². The van der Waals surface area contributed by atoms with Crippen molar-refractivity contribution < 1.29 is 4.39 Å². The molecule has 1 aromatic heterocycles. The van der Waals surface area contributed by atoms with Crippen molar-refractivity contribution >= 4 is 5.71 Å². The Morgan fingerprint density at radius 2 is 1.57 bits per heavy atom. The number of aliphatic imine (C=N–C) groups is 1. The summed E-state index contributed by atoms with van der Waals surface area (Å²) >= 11 is 0. The predicted molar refractivity (Wildman–Crippen MR) is 119 cm³/mol. The fraction of sp³-hybridized carbons (Fsp3) is 0.120. The third-order valence-electron chi connectivity index (χ3n) is 4.99. The lowest BCUT2D eigenvalue weighted by Gasteiger charge is -2.03. The van der Waals surface area contributed by atoms with Crippen LogP contribution in [-0.4, -0.2) is 22.0 Å². The lowest BCUT2D eigenvalue weighted by atomic mass is 10.1. The molecule has 30 heavy (non-hydrogen) atoms. The van der Waals surface area contributed by atoms with Crippen molar-refractivity contribution in [3.8, 4) is 16.9 Å². The molecule has 0 aliphatic heterocycles. The molecule has 0 saturated heterocycles. The summed E-state index contributed by atoms with van der Waals surface area (Å²) < 4.78 is 14.8. The molecule has 0 spiro atoms. The molecular weight excluding hydrogens is 377 g/mol. The number of nitrogens with one attached hydrogen (secondary N) is 1. The number of benzene rings is 3.